The Labute approximate surface area is 143 Å². The zero-order valence-electron chi connectivity index (χ0n) is 12.9. The van der Waals surface area contributed by atoms with E-state index in [1.165, 1.54) is 0 Å². The van der Waals surface area contributed by atoms with Crippen LogP contribution in [-0.2, 0) is 4.79 Å². The van der Waals surface area contributed by atoms with E-state index in [2.05, 4.69) is 16.4 Å². The van der Waals surface area contributed by atoms with Crippen molar-refractivity contribution in [1.82, 2.24) is 9.55 Å². The van der Waals surface area contributed by atoms with Crippen LogP contribution >= 0.6 is 11.8 Å². The molecule has 0 bridgehead atoms. The molecule has 1 aliphatic rings. The molecule has 2 unspecified atom stereocenters. The molecule has 1 N–H and O–H groups in total. The Bertz CT molecular complexity index is 971. The van der Waals surface area contributed by atoms with Gasteiger partial charge < -0.3 is 4.57 Å². The van der Waals surface area contributed by atoms with Crippen molar-refractivity contribution in [2.45, 2.75) is 10.9 Å². The van der Waals surface area contributed by atoms with E-state index in [0.717, 1.165) is 21.5 Å². The number of benzene rings is 2. The maximum Gasteiger partial charge on any atom is 0.246 e. The van der Waals surface area contributed by atoms with Gasteiger partial charge in [-0.1, -0.05) is 24.3 Å². The lowest BCUT2D eigenvalue weighted by molar-refractivity contribution is -0.119. The van der Waals surface area contributed by atoms with Crippen LogP contribution in [0.4, 0.5) is 5.95 Å². The fourth-order valence-corrected chi connectivity index (χ4v) is 3.57. The lowest BCUT2D eigenvalue weighted by Gasteiger charge is -2.30. The number of amides is 1. The van der Waals surface area contributed by atoms with Crippen molar-refractivity contribution in [1.29, 1.82) is 5.26 Å². The van der Waals surface area contributed by atoms with Gasteiger partial charge in [-0.2, -0.15) is 5.26 Å². The molecule has 0 aliphatic carbocycles. The zero-order valence-corrected chi connectivity index (χ0v) is 13.7. The minimum Gasteiger partial charge on any atom is -0.300 e. The second-order valence-electron chi connectivity index (χ2n) is 5.61. The number of thioether (sulfide) groups is 1. The quantitative estimate of drug-likeness (QED) is 0.729. The predicted octanol–water partition coefficient (Wildman–Crippen LogP) is 3.44. The normalized spacial score (nSPS) is 19.6. The molecule has 0 saturated carbocycles. The Kier molecular flexibility index (Phi) is 3.51. The van der Waals surface area contributed by atoms with Crippen molar-refractivity contribution in [3.8, 4) is 6.07 Å². The molecule has 2 heterocycles. The van der Waals surface area contributed by atoms with Crippen LogP contribution in [-0.4, -0.2) is 21.7 Å². The molecular weight excluding hydrogens is 320 g/mol. The first-order valence-electron chi connectivity index (χ1n) is 7.54. The van der Waals surface area contributed by atoms with Gasteiger partial charge in [0.05, 0.1) is 23.1 Å². The van der Waals surface area contributed by atoms with Crippen LogP contribution in [0.5, 0.6) is 0 Å². The predicted molar refractivity (Wildman–Crippen MR) is 93.8 cm³/mol. The number of carbonyl (C=O) groups excluding carboxylic acids is 1. The van der Waals surface area contributed by atoms with Crippen LogP contribution in [0.15, 0.2) is 53.4 Å². The third-order valence-electron chi connectivity index (χ3n) is 4.30. The van der Waals surface area contributed by atoms with Crippen LogP contribution in [0.1, 0.15) is 11.6 Å². The Morgan fingerprint density at radius 2 is 1.96 bits per heavy atom. The largest absolute Gasteiger partial charge is 0.300 e. The van der Waals surface area contributed by atoms with Gasteiger partial charge in [0.25, 0.3) is 0 Å². The number of hydrogen-bond acceptors (Lipinski definition) is 4. The van der Waals surface area contributed by atoms with E-state index in [9.17, 15) is 10.1 Å². The van der Waals surface area contributed by atoms with Gasteiger partial charge in [0.1, 0.15) is 0 Å². The number of imidazole rings is 1. The van der Waals surface area contributed by atoms with E-state index in [4.69, 9.17) is 0 Å². The fraction of sp³-hybridized carbons (Fsp3) is 0.167. The molecule has 118 valence electrons. The number of rotatable bonds is 2. The van der Waals surface area contributed by atoms with Crippen LogP contribution in [0.3, 0.4) is 0 Å². The van der Waals surface area contributed by atoms with Gasteiger partial charge in [0.15, 0.2) is 5.92 Å². The molecule has 24 heavy (non-hydrogen) atoms. The molecule has 0 spiro atoms. The van der Waals surface area contributed by atoms with Crippen LogP contribution < -0.4 is 5.32 Å². The molecule has 1 aliphatic heterocycles. The van der Waals surface area contributed by atoms with Gasteiger partial charge in [0.2, 0.25) is 11.9 Å². The van der Waals surface area contributed by atoms with Gasteiger partial charge in [0, 0.05) is 4.90 Å². The molecule has 1 amide bonds. The van der Waals surface area contributed by atoms with E-state index in [1.54, 1.807) is 11.8 Å². The number of nitriles is 1. The molecule has 5 nitrogen and oxygen atoms in total. The molecule has 0 radical (unpaired) electrons. The molecule has 6 heteroatoms. The number of aromatic nitrogens is 2. The van der Waals surface area contributed by atoms with Crippen molar-refractivity contribution in [3.05, 3.63) is 54.1 Å². The average molecular weight is 334 g/mol. The highest BCUT2D eigenvalue weighted by Gasteiger charge is 2.38. The molecule has 0 saturated heterocycles. The number of carbonyl (C=O) groups is 1. The molecule has 3 aromatic rings. The van der Waals surface area contributed by atoms with Crippen LogP contribution in [0, 0.1) is 17.2 Å². The number of anilines is 1. The van der Waals surface area contributed by atoms with E-state index in [1.807, 2.05) is 59.4 Å². The standard InChI is InChI=1S/C18H14N4OS/c1-24-12-8-6-11(7-9-12)16-13(10-19)17(23)21-18-20-14-4-2-3-5-15(14)22(16)18/h2-9,13,16H,1H3,(H,20,21,23). The summed E-state index contributed by atoms with van der Waals surface area (Å²) >= 11 is 1.66. The summed E-state index contributed by atoms with van der Waals surface area (Å²) in [6, 6.07) is 17.5. The van der Waals surface area contributed by atoms with Crippen molar-refractivity contribution in [2.24, 2.45) is 5.92 Å². The fourth-order valence-electron chi connectivity index (χ4n) is 3.17. The lowest BCUT2D eigenvalue weighted by Crippen LogP contribution is -2.37. The molecule has 2 atom stereocenters. The van der Waals surface area contributed by atoms with Gasteiger partial charge in [-0.3, -0.25) is 10.1 Å². The Balaban J connectivity index is 1.95. The van der Waals surface area contributed by atoms with Crippen molar-refractivity contribution >= 4 is 34.7 Å². The van der Waals surface area contributed by atoms with E-state index in [0.29, 0.717) is 5.95 Å². The number of fused-ring (bicyclic) bond motifs is 3. The third-order valence-corrected chi connectivity index (χ3v) is 5.05. The summed E-state index contributed by atoms with van der Waals surface area (Å²) in [5.41, 5.74) is 2.64. The first-order valence-corrected chi connectivity index (χ1v) is 8.77. The van der Waals surface area contributed by atoms with Gasteiger partial charge in [-0.05, 0) is 36.1 Å². The summed E-state index contributed by atoms with van der Waals surface area (Å²) in [7, 11) is 0. The van der Waals surface area contributed by atoms with E-state index >= 15 is 0 Å². The first-order chi connectivity index (χ1) is 11.7. The lowest BCUT2D eigenvalue weighted by atomic mass is 9.91. The maximum absolute atomic E-state index is 12.4. The summed E-state index contributed by atoms with van der Waals surface area (Å²) < 4.78 is 1.96. The topological polar surface area (TPSA) is 70.7 Å². The molecule has 1 aromatic heterocycles. The Morgan fingerprint density at radius 1 is 1.21 bits per heavy atom. The average Bonchev–Trinajstić information content (AvgIpc) is 2.98. The maximum atomic E-state index is 12.4. The highest BCUT2D eigenvalue weighted by molar-refractivity contribution is 7.98. The highest BCUT2D eigenvalue weighted by Crippen LogP contribution is 2.38. The molecular formula is C18H14N4OS. The Hall–Kier alpha value is -2.78. The van der Waals surface area contributed by atoms with Crippen molar-refractivity contribution < 1.29 is 4.79 Å². The van der Waals surface area contributed by atoms with E-state index < -0.39 is 5.92 Å². The van der Waals surface area contributed by atoms with Crippen molar-refractivity contribution in [3.63, 3.8) is 0 Å². The number of para-hydroxylation sites is 2. The number of nitrogens with one attached hydrogen (secondary N) is 1. The minimum absolute atomic E-state index is 0.306. The SMILES string of the molecule is CSc1ccc(C2C(C#N)C(=O)Nc3nc4ccccc4n32)cc1. The van der Waals surface area contributed by atoms with Crippen molar-refractivity contribution in [2.75, 3.05) is 11.6 Å². The van der Waals surface area contributed by atoms with Gasteiger partial charge in [-0.25, -0.2) is 4.98 Å². The summed E-state index contributed by atoms with van der Waals surface area (Å²) in [4.78, 5) is 18.0. The van der Waals surface area contributed by atoms with Crippen LogP contribution in [0.2, 0.25) is 0 Å². The monoisotopic (exact) mass is 334 g/mol. The third kappa shape index (κ3) is 2.17. The second-order valence-corrected chi connectivity index (χ2v) is 6.49. The zero-order chi connectivity index (χ0) is 16.7. The molecule has 2 aromatic carbocycles. The Morgan fingerprint density at radius 3 is 2.67 bits per heavy atom. The summed E-state index contributed by atoms with van der Waals surface area (Å²) in [6.45, 7) is 0. The smallest absolute Gasteiger partial charge is 0.246 e. The second kappa shape index (κ2) is 5.69. The highest BCUT2D eigenvalue weighted by atomic mass is 32.2. The van der Waals surface area contributed by atoms with E-state index in [-0.39, 0.29) is 11.9 Å². The number of hydrogen-bond donors (Lipinski definition) is 1. The summed E-state index contributed by atoms with van der Waals surface area (Å²) in [6.07, 6.45) is 2.02. The van der Waals surface area contributed by atoms with Gasteiger partial charge >= 0.3 is 0 Å². The molecule has 4 rings (SSSR count). The summed E-state index contributed by atoms with van der Waals surface area (Å²) in [5.74, 6) is -0.610. The molecule has 0 fully saturated rings. The van der Waals surface area contributed by atoms with Crippen LogP contribution in [0.25, 0.3) is 11.0 Å². The first kappa shape index (κ1) is 14.8. The minimum atomic E-state index is -0.796. The van der Waals surface area contributed by atoms with Gasteiger partial charge in [-0.15, -0.1) is 11.8 Å². The number of nitrogens with zero attached hydrogens (tertiary/aromatic N) is 3. The summed E-state index contributed by atoms with van der Waals surface area (Å²) in [5, 5.41) is 12.3.